The standard InChI is InChI=1S/C40H46N12O6/c41-27-11-4-1-10-26(27)35(54)47-20-33-39(58)51-31(16-22-18-45-28-12-5-2-8-24(22)28)36(55)48-21-34(53)49-32(17-23-19-46-29-13-6-3-9-25(23)29)38(57)50-30(37(56)52-33)14-7-15-44-40(42)43/h1-6,8-13,18-19,30-33,45-46H,7,14-17,20-21,41H2,(H,47,54)(H,48,55)(H,49,53)(H,50,57)(H,51,58)(H,52,56)(H4,42,43,44)/t30-,31-,32-,33-/m0/s1. The van der Waals surface area contributed by atoms with E-state index in [-0.39, 0.29) is 49.4 Å². The Kier molecular flexibility index (Phi) is 12.9. The normalized spacial score (nSPS) is 19.5. The molecule has 5 aromatic rings. The van der Waals surface area contributed by atoms with Gasteiger partial charge in [0, 0.05) is 65.8 Å². The molecule has 4 atom stereocenters. The number of guanidine groups is 1. The van der Waals surface area contributed by atoms with E-state index in [4.69, 9.17) is 17.2 Å². The Hall–Kier alpha value is -7.37. The number of aliphatic imine (C=N–C) groups is 1. The number of amides is 6. The number of nitrogens with two attached hydrogens (primary N) is 3. The molecule has 1 aliphatic rings. The number of aromatic nitrogens is 2. The number of benzene rings is 3. The number of carbonyl (C=O) groups is 6. The summed E-state index contributed by atoms with van der Waals surface area (Å²) in [6.07, 6.45) is 3.73. The van der Waals surface area contributed by atoms with Crippen LogP contribution in [-0.2, 0) is 36.8 Å². The summed E-state index contributed by atoms with van der Waals surface area (Å²) in [5.41, 5.74) is 20.4. The molecule has 0 aliphatic carbocycles. The maximum Gasteiger partial charge on any atom is 0.253 e. The van der Waals surface area contributed by atoms with E-state index in [9.17, 15) is 28.8 Å². The number of anilines is 1. The first-order valence-electron chi connectivity index (χ1n) is 18.7. The van der Waals surface area contributed by atoms with Crippen LogP contribution in [0.3, 0.4) is 0 Å². The SMILES string of the molecule is NC(N)=NCCC[C@@H]1NC(=O)[C@H](Cc2c[nH]c3ccccc23)NC(=O)CNC(=O)[C@H](Cc2c[nH]c3ccccc23)NC(=O)[C@H](CNC(=O)c2ccccc2N)NC1=O. The van der Waals surface area contributed by atoms with Crippen molar-refractivity contribution in [1.29, 1.82) is 0 Å². The molecular formula is C40H46N12O6. The average Bonchev–Trinajstić information content (AvgIpc) is 3.82. The second-order valence-corrected chi connectivity index (χ2v) is 13.9. The smallest absolute Gasteiger partial charge is 0.253 e. The Morgan fingerprint density at radius 3 is 1.84 bits per heavy atom. The number of nitrogens with zero attached hydrogens (tertiary/aromatic N) is 1. The molecule has 6 rings (SSSR count). The van der Waals surface area contributed by atoms with Gasteiger partial charge in [-0.25, -0.2) is 0 Å². The van der Waals surface area contributed by atoms with Gasteiger partial charge in [0.25, 0.3) is 5.91 Å². The van der Waals surface area contributed by atoms with E-state index in [0.717, 1.165) is 27.4 Å². The third kappa shape index (κ3) is 10.1. The molecule has 18 nitrogen and oxygen atoms in total. The number of nitrogens with one attached hydrogen (secondary N) is 8. The molecule has 0 unspecified atom stereocenters. The lowest BCUT2D eigenvalue weighted by Crippen LogP contribution is -2.60. The first-order chi connectivity index (χ1) is 28.0. The minimum atomic E-state index is -1.45. The Balaban J connectivity index is 1.33. The zero-order valence-electron chi connectivity index (χ0n) is 31.5. The second kappa shape index (κ2) is 18.5. The maximum atomic E-state index is 14.2. The highest BCUT2D eigenvalue weighted by Crippen LogP contribution is 2.21. The van der Waals surface area contributed by atoms with Gasteiger partial charge in [-0.1, -0.05) is 48.5 Å². The highest BCUT2D eigenvalue weighted by molar-refractivity contribution is 6.01. The number of para-hydroxylation sites is 3. The van der Waals surface area contributed by atoms with Crippen molar-refractivity contribution in [3.63, 3.8) is 0 Å². The molecule has 1 aliphatic heterocycles. The van der Waals surface area contributed by atoms with Crippen molar-refractivity contribution >= 4 is 68.9 Å². The van der Waals surface area contributed by atoms with Crippen molar-refractivity contribution < 1.29 is 28.8 Å². The van der Waals surface area contributed by atoms with Crippen LogP contribution in [0.2, 0.25) is 0 Å². The quantitative estimate of drug-likeness (QED) is 0.0358. The molecule has 1 fully saturated rings. The number of hydrogen-bond donors (Lipinski definition) is 11. The molecule has 3 aromatic carbocycles. The first-order valence-corrected chi connectivity index (χ1v) is 18.7. The van der Waals surface area contributed by atoms with Gasteiger partial charge < -0.3 is 59.1 Å². The van der Waals surface area contributed by atoms with Crippen LogP contribution in [0.1, 0.15) is 34.3 Å². The number of carbonyl (C=O) groups excluding carboxylic acids is 6. The number of fused-ring (bicyclic) bond motifs is 2. The lowest BCUT2D eigenvalue weighted by molar-refractivity contribution is -0.134. The van der Waals surface area contributed by atoms with Gasteiger partial charge in [0.1, 0.15) is 24.2 Å². The molecule has 18 heteroatoms. The number of H-pyrrole nitrogens is 2. The van der Waals surface area contributed by atoms with Gasteiger partial charge in [-0.2, -0.15) is 0 Å². The summed E-state index contributed by atoms with van der Waals surface area (Å²) in [6, 6.07) is 16.0. The van der Waals surface area contributed by atoms with E-state index in [1.54, 1.807) is 30.6 Å². The number of nitrogen functional groups attached to an aromatic ring is 1. The molecular weight excluding hydrogens is 745 g/mol. The third-order valence-electron chi connectivity index (χ3n) is 9.79. The van der Waals surface area contributed by atoms with Crippen molar-refractivity contribution in [3.05, 3.63) is 102 Å². The van der Waals surface area contributed by atoms with Crippen LogP contribution >= 0.6 is 0 Å². The molecule has 0 saturated carbocycles. The number of hydrogen-bond acceptors (Lipinski definition) is 8. The fraction of sp³-hybridized carbons (Fsp3) is 0.275. The first kappa shape index (κ1) is 40.3. The molecule has 302 valence electrons. The van der Waals surface area contributed by atoms with Crippen LogP contribution in [0.15, 0.2) is 90.2 Å². The molecule has 3 heterocycles. The summed E-state index contributed by atoms with van der Waals surface area (Å²) < 4.78 is 0. The molecule has 14 N–H and O–H groups in total. The monoisotopic (exact) mass is 790 g/mol. The third-order valence-corrected chi connectivity index (χ3v) is 9.79. The molecule has 6 amide bonds. The number of rotatable bonds is 11. The van der Waals surface area contributed by atoms with Gasteiger partial charge >= 0.3 is 0 Å². The maximum absolute atomic E-state index is 14.2. The van der Waals surface area contributed by atoms with E-state index in [2.05, 4.69) is 46.9 Å². The Labute approximate surface area is 332 Å². The van der Waals surface area contributed by atoms with Crippen molar-refractivity contribution in [2.75, 3.05) is 25.4 Å². The largest absolute Gasteiger partial charge is 0.398 e. The van der Waals surface area contributed by atoms with Gasteiger partial charge in [0.05, 0.1) is 12.1 Å². The van der Waals surface area contributed by atoms with E-state index in [0.29, 0.717) is 5.56 Å². The molecule has 2 aromatic heterocycles. The van der Waals surface area contributed by atoms with Crippen LogP contribution in [0.4, 0.5) is 5.69 Å². The van der Waals surface area contributed by atoms with Crippen LogP contribution < -0.4 is 49.1 Å². The molecule has 0 radical (unpaired) electrons. The second-order valence-electron chi connectivity index (χ2n) is 13.9. The van der Waals surface area contributed by atoms with Crippen LogP contribution in [0.5, 0.6) is 0 Å². The van der Waals surface area contributed by atoms with E-state index in [1.165, 1.54) is 6.07 Å². The van der Waals surface area contributed by atoms with E-state index < -0.39 is 72.7 Å². The minimum absolute atomic E-state index is 0.00652. The van der Waals surface area contributed by atoms with E-state index in [1.807, 2.05) is 48.5 Å². The summed E-state index contributed by atoms with van der Waals surface area (Å²) in [6.45, 7) is -0.836. The van der Waals surface area contributed by atoms with E-state index >= 15 is 0 Å². The Morgan fingerprint density at radius 2 is 1.21 bits per heavy atom. The van der Waals surface area contributed by atoms with Gasteiger partial charge in [0.15, 0.2) is 5.96 Å². The fourth-order valence-corrected chi connectivity index (χ4v) is 6.79. The minimum Gasteiger partial charge on any atom is -0.398 e. The molecule has 0 spiro atoms. The van der Waals surface area contributed by atoms with Gasteiger partial charge in [0.2, 0.25) is 29.5 Å². The highest BCUT2D eigenvalue weighted by atomic mass is 16.2. The zero-order valence-corrected chi connectivity index (χ0v) is 31.5. The fourth-order valence-electron chi connectivity index (χ4n) is 6.79. The van der Waals surface area contributed by atoms with Crippen molar-refractivity contribution in [3.8, 4) is 0 Å². The zero-order chi connectivity index (χ0) is 41.2. The van der Waals surface area contributed by atoms with Gasteiger partial charge in [-0.15, -0.1) is 0 Å². The predicted molar refractivity (Wildman–Crippen MR) is 218 cm³/mol. The lowest BCUT2D eigenvalue weighted by atomic mass is 10.0. The summed E-state index contributed by atoms with van der Waals surface area (Å²) in [4.78, 5) is 93.3. The topological polar surface area (TPSA) is 297 Å². The lowest BCUT2D eigenvalue weighted by Gasteiger charge is -2.26. The summed E-state index contributed by atoms with van der Waals surface area (Å²) in [7, 11) is 0. The number of aromatic amines is 2. The average molecular weight is 791 g/mol. The van der Waals surface area contributed by atoms with Gasteiger partial charge in [-0.05, 0) is 48.2 Å². The molecule has 0 bridgehead atoms. The summed E-state index contributed by atoms with van der Waals surface area (Å²) in [5, 5.41) is 17.7. The van der Waals surface area contributed by atoms with Gasteiger partial charge in [-0.3, -0.25) is 33.8 Å². The molecule has 58 heavy (non-hydrogen) atoms. The summed E-state index contributed by atoms with van der Waals surface area (Å²) >= 11 is 0. The Morgan fingerprint density at radius 1 is 0.672 bits per heavy atom. The van der Waals surface area contributed by atoms with Crippen molar-refractivity contribution in [2.24, 2.45) is 16.5 Å². The Bertz CT molecular complexity index is 2350. The van der Waals surface area contributed by atoms with Crippen LogP contribution in [0.25, 0.3) is 21.8 Å². The van der Waals surface area contributed by atoms with Crippen LogP contribution in [0, 0.1) is 0 Å². The molecule has 1 saturated heterocycles. The van der Waals surface area contributed by atoms with Crippen molar-refractivity contribution in [1.82, 2.24) is 41.9 Å². The highest BCUT2D eigenvalue weighted by Gasteiger charge is 2.33. The predicted octanol–water partition coefficient (Wildman–Crippen LogP) is -0.431. The van der Waals surface area contributed by atoms with Crippen LogP contribution in [-0.4, -0.2) is 95.2 Å². The summed E-state index contributed by atoms with van der Waals surface area (Å²) in [5.74, 6) is -4.47. The van der Waals surface area contributed by atoms with Crippen molar-refractivity contribution in [2.45, 2.75) is 49.9 Å².